The van der Waals surface area contributed by atoms with Gasteiger partial charge in [-0.2, -0.15) is 0 Å². The molecule has 5 heteroatoms. The number of amides is 3. The molecule has 0 aliphatic carbocycles. The number of benzene rings is 1. The first-order valence-electron chi connectivity index (χ1n) is 5.42. The van der Waals surface area contributed by atoms with Crippen LogP contribution >= 0.6 is 0 Å². The highest BCUT2D eigenvalue weighted by Crippen LogP contribution is 2.22. The van der Waals surface area contributed by atoms with Gasteiger partial charge in [0.25, 0.3) is 0 Å². The third-order valence-electron chi connectivity index (χ3n) is 2.90. The van der Waals surface area contributed by atoms with Crippen LogP contribution in [-0.2, 0) is 4.79 Å². The van der Waals surface area contributed by atoms with Gasteiger partial charge in [-0.1, -0.05) is 0 Å². The third kappa shape index (κ3) is 1.65. The minimum Gasteiger partial charge on any atom is -0.361 e. The highest BCUT2D eigenvalue weighted by Gasteiger charge is 2.24. The molecular weight excluding hydrogens is 218 g/mol. The number of aromatic nitrogens is 1. The Morgan fingerprint density at radius 2 is 2.06 bits per heavy atom. The number of aromatic amines is 1. The van der Waals surface area contributed by atoms with E-state index in [1.165, 1.54) is 0 Å². The van der Waals surface area contributed by atoms with Crippen LogP contribution in [-0.4, -0.2) is 23.5 Å². The SMILES string of the molecule is O=C1CCN(c2ccc3[nH]ccc3c2)C(=O)N1. The summed E-state index contributed by atoms with van der Waals surface area (Å²) in [5.74, 6) is -0.214. The van der Waals surface area contributed by atoms with E-state index in [1.54, 1.807) is 4.90 Å². The molecule has 0 spiro atoms. The average Bonchev–Trinajstić information content (AvgIpc) is 2.75. The molecule has 3 amide bonds. The summed E-state index contributed by atoms with van der Waals surface area (Å²) in [4.78, 5) is 27.4. The number of urea groups is 1. The van der Waals surface area contributed by atoms with Crippen molar-refractivity contribution in [3.05, 3.63) is 30.5 Å². The first kappa shape index (κ1) is 9.89. The van der Waals surface area contributed by atoms with E-state index < -0.39 is 0 Å². The van der Waals surface area contributed by atoms with Gasteiger partial charge in [0.1, 0.15) is 0 Å². The zero-order valence-corrected chi connectivity index (χ0v) is 9.06. The lowest BCUT2D eigenvalue weighted by molar-refractivity contribution is -0.120. The molecule has 1 aliphatic heterocycles. The quantitative estimate of drug-likeness (QED) is 0.780. The largest absolute Gasteiger partial charge is 0.361 e. The number of H-pyrrole nitrogens is 1. The Labute approximate surface area is 97.4 Å². The standard InChI is InChI=1S/C12H11N3O2/c16-11-4-6-15(12(17)14-11)9-1-2-10-8(7-9)3-5-13-10/h1-3,5,7,13H,4,6H2,(H,14,16,17). The van der Waals surface area contributed by atoms with Gasteiger partial charge in [-0.3, -0.25) is 15.0 Å². The van der Waals surface area contributed by atoms with Gasteiger partial charge in [0.05, 0.1) is 0 Å². The van der Waals surface area contributed by atoms with E-state index in [9.17, 15) is 9.59 Å². The molecule has 3 rings (SSSR count). The van der Waals surface area contributed by atoms with Gasteiger partial charge in [0.15, 0.2) is 0 Å². The van der Waals surface area contributed by atoms with Crippen LogP contribution in [0.15, 0.2) is 30.5 Å². The topological polar surface area (TPSA) is 65.2 Å². The summed E-state index contributed by atoms with van der Waals surface area (Å²) < 4.78 is 0. The van der Waals surface area contributed by atoms with E-state index in [1.807, 2.05) is 30.5 Å². The van der Waals surface area contributed by atoms with E-state index in [-0.39, 0.29) is 11.9 Å². The average molecular weight is 229 g/mol. The van der Waals surface area contributed by atoms with Crippen molar-refractivity contribution in [3.63, 3.8) is 0 Å². The van der Waals surface area contributed by atoms with Gasteiger partial charge in [0.2, 0.25) is 5.91 Å². The van der Waals surface area contributed by atoms with Crippen LogP contribution in [0.3, 0.4) is 0 Å². The second kappa shape index (κ2) is 3.62. The first-order chi connectivity index (χ1) is 8.24. The number of rotatable bonds is 1. The van der Waals surface area contributed by atoms with E-state index in [2.05, 4.69) is 10.3 Å². The minimum atomic E-state index is -0.351. The zero-order valence-electron chi connectivity index (χ0n) is 9.06. The fraction of sp³-hybridized carbons (Fsp3) is 0.167. The predicted octanol–water partition coefficient (Wildman–Crippen LogP) is 1.61. The normalized spacial score (nSPS) is 16.4. The molecule has 2 N–H and O–H groups in total. The van der Waals surface area contributed by atoms with E-state index in [0.717, 1.165) is 16.6 Å². The van der Waals surface area contributed by atoms with Crippen molar-refractivity contribution in [2.75, 3.05) is 11.4 Å². The summed E-state index contributed by atoms with van der Waals surface area (Å²) in [5, 5.41) is 3.36. The summed E-state index contributed by atoms with van der Waals surface area (Å²) in [7, 11) is 0. The maximum atomic E-state index is 11.7. The third-order valence-corrected chi connectivity index (χ3v) is 2.90. The van der Waals surface area contributed by atoms with Crippen LogP contribution in [0.5, 0.6) is 0 Å². The fourth-order valence-electron chi connectivity index (χ4n) is 2.02. The molecule has 0 atom stereocenters. The van der Waals surface area contributed by atoms with Gasteiger partial charge >= 0.3 is 6.03 Å². The second-order valence-corrected chi connectivity index (χ2v) is 4.00. The summed E-state index contributed by atoms with van der Waals surface area (Å²) in [6, 6.07) is 7.33. The molecule has 2 aromatic rings. The van der Waals surface area contributed by atoms with Crippen LogP contribution in [0.1, 0.15) is 6.42 Å². The number of imide groups is 1. The number of hydrogen-bond acceptors (Lipinski definition) is 2. The van der Waals surface area contributed by atoms with Crippen molar-refractivity contribution >= 4 is 28.5 Å². The number of carbonyl (C=O) groups excluding carboxylic acids is 2. The lowest BCUT2D eigenvalue weighted by atomic mass is 10.2. The molecule has 17 heavy (non-hydrogen) atoms. The lowest BCUT2D eigenvalue weighted by Gasteiger charge is -2.26. The number of anilines is 1. The predicted molar refractivity (Wildman–Crippen MR) is 63.8 cm³/mol. The van der Waals surface area contributed by atoms with E-state index in [4.69, 9.17) is 0 Å². The van der Waals surface area contributed by atoms with E-state index in [0.29, 0.717) is 13.0 Å². The smallest absolute Gasteiger partial charge is 0.328 e. The molecule has 0 radical (unpaired) electrons. The van der Waals surface area contributed by atoms with Gasteiger partial charge in [-0.05, 0) is 24.3 Å². The van der Waals surface area contributed by atoms with Crippen molar-refractivity contribution in [2.24, 2.45) is 0 Å². The number of carbonyl (C=O) groups is 2. The Morgan fingerprint density at radius 1 is 1.18 bits per heavy atom. The molecule has 1 saturated heterocycles. The maximum Gasteiger partial charge on any atom is 0.328 e. The van der Waals surface area contributed by atoms with Crippen molar-refractivity contribution in [2.45, 2.75) is 6.42 Å². The van der Waals surface area contributed by atoms with Crippen LogP contribution in [0.25, 0.3) is 10.9 Å². The Morgan fingerprint density at radius 3 is 2.88 bits per heavy atom. The molecule has 0 saturated carbocycles. The molecule has 1 aromatic carbocycles. The Balaban J connectivity index is 1.97. The van der Waals surface area contributed by atoms with Crippen LogP contribution in [0, 0.1) is 0 Å². The second-order valence-electron chi connectivity index (χ2n) is 4.00. The number of fused-ring (bicyclic) bond motifs is 1. The molecule has 0 unspecified atom stereocenters. The van der Waals surface area contributed by atoms with Crippen molar-refractivity contribution < 1.29 is 9.59 Å². The highest BCUT2D eigenvalue weighted by molar-refractivity contribution is 6.06. The lowest BCUT2D eigenvalue weighted by Crippen LogP contribution is -2.49. The fourth-order valence-corrected chi connectivity index (χ4v) is 2.02. The molecule has 1 aliphatic rings. The Bertz CT molecular complexity index is 603. The molecule has 1 aromatic heterocycles. The van der Waals surface area contributed by atoms with E-state index >= 15 is 0 Å². The summed E-state index contributed by atoms with van der Waals surface area (Å²) >= 11 is 0. The van der Waals surface area contributed by atoms with Crippen molar-refractivity contribution in [3.8, 4) is 0 Å². The summed E-state index contributed by atoms with van der Waals surface area (Å²) in [6.07, 6.45) is 2.20. The Kier molecular flexibility index (Phi) is 2.11. The van der Waals surface area contributed by atoms with Crippen molar-refractivity contribution in [1.29, 1.82) is 0 Å². The molecule has 5 nitrogen and oxygen atoms in total. The van der Waals surface area contributed by atoms with Crippen LogP contribution < -0.4 is 10.2 Å². The number of nitrogens with one attached hydrogen (secondary N) is 2. The minimum absolute atomic E-state index is 0.214. The first-order valence-corrected chi connectivity index (χ1v) is 5.42. The molecular formula is C12H11N3O2. The van der Waals surface area contributed by atoms with Crippen molar-refractivity contribution in [1.82, 2.24) is 10.3 Å². The highest BCUT2D eigenvalue weighted by atomic mass is 16.2. The van der Waals surface area contributed by atoms with Crippen LogP contribution in [0.2, 0.25) is 0 Å². The van der Waals surface area contributed by atoms with Crippen LogP contribution in [0.4, 0.5) is 10.5 Å². The summed E-state index contributed by atoms with van der Waals surface area (Å²) in [5.41, 5.74) is 1.84. The number of hydrogen-bond donors (Lipinski definition) is 2. The van der Waals surface area contributed by atoms with Gasteiger partial charge < -0.3 is 4.98 Å². The summed E-state index contributed by atoms with van der Waals surface area (Å²) in [6.45, 7) is 0.431. The molecule has 1 fully saturated rings. The molecule has 86 valence electrons. The Hall–Kier alpha value is -2.30. The monoisotopic (exact) mass is 229 g/mol. The maximum absolute atomic E-state index is 11.7. The molecule has 2 heterocycles. The van der Waals surface area contributed by atoms with Gasteiger partial charge in [0, 0.05) is 35.8 Å². The number of nitrogens with zero attached hydrogens (tertiary/aromatic N) is 1. The van der Waals surface area contributed by atoms with Gasteiger partial charge in [-0.25, -0.2) is 4.79 Å². The van der Waals surface area contributed by atoms with Gasteiger partial charge in [-0.15, -0.1) is 0 Å². The zero-order chi connectivity index (χ0) is 11.8. The molecule has 0 bridgehead atoms.